The first-order valence-corrected chi connectivity index (χ1v) is 53.5. The maximum absolute atomic E-state index is 14.4. The Hall–Kier alpha value is -13.7. The number of hydrogen-bond donors (Lipinski definition) is 4. The Labute approximate surface area is 882 Å². The van der Waals surface area contributed by atoms with Crippen molar-refractivity contribution in [3.8, 4) is 31.0 Å². The molecule has 8 aliphatic rings. The van der Waals surface area contributed by atoms with Crippen LogP contribution in [-0.4, -0.2) is 212 Å². The first-order chi connectivity index (χ1) is 71.3. The quantitative estimate of drug-likeness (QED) is 0.0322. The van der Waals surface area contributed by atoms with E-state index in [4.69, 9.17) is 15.9 Å². The van der Waals surface area contributed by atoms with Crippen molar-refractivity contribution in [3.05, 3.63) is 240 Å². The highest BCUT2D eigenvalue weighted by molar-refractivity contribution is 6.07. The van der Waals surface area contributed by atoms with Gasteiger partial charge in [-0.15, -0.1) is 0 Å². The van der Waals surface area contributed by atoms with Gasteiger partial charge >= 0.3 is 0 Å². The van der Waals surface area contributed by atoms with Crippen LogP contribution in [0.15, 0.2) is 195 Å². The number of nitrogens with zero attached hydrogens (tertiary/aromatic N) is 16. The van der Waals surface area contributed by atoms with Crippen molar-refractivity contribution in [1.29, 1.82) is 15.8 Å². The van der Waals surface area contributed by atoms with E-state index < -0.39 is 53.9 Å². The maximum atomic E-state index is 14.4. The Morgan fingerprint density at radius 3 is 0.906 bits per heavy atom. The summed E-state index contributed by atoms with van der Waals surface area (Å²) in [5.41, 5.74) is 8.77. The number of likely N-dealkylation sites (N-methyl/N-ethyl adjacent to an activating group) is 1. The lowest BCUT2D eigenvalue weighted by Gasteiger charge is -2.43. The highest BCUT2D eigenvalue weighted by Gasteiger charge is 2.48. The number of ether oxygens (including phenoxy) is 2. The SMILES string of the molecule is C#CN1CC[C@@H]1C(=O)N(c1ccc(C(C)(C)C)cc1)[C@@H](C(=O)NC1CCCCC1)c1cccnc1.CC(C)(C)c1ccc(N(C(=O)[C@H]2COCCN2C#N)[C@@H](C(=O)NC2CCCCC2)c2cccnc2)cc1.CC1(C)CN(C#N)[C@@H](C(=O)N(c2ccc(C(C)(C)C)cc2)[C@@H](C(=O)NC2CCCCC2)c2cccnc2)CO1.CN1CCN(C#N)[C@@H](C(=O)N(c2ccc(C(C)(C)C)cc2)[C@@H](C(=O)NC2CCCCC2)c2cccnc2)C1. The number of benzene rings is 4. The molecule has 4 saturated carbocycles. The number of nitriles is 3. The van der Waals surface area contributed by atoms with Gasteiger partial charge in [0.05, 0.1) is 38.5 Å². The van der Waals surface area contributed by atoms with Gasteiger partial charge in [0.25, 0.3) is 23.6 Å². The Morgan fingerprint density at radius 1 is 0.362 bits per heavy atom. The fourth-order valence-electron chi connectivity index (χ4n) is 20.9. The van der Waals surface area contributed by atoms with E-state index in [0.29, 0.717) is 90.8 Å². The minimum absolute atomic E-state index is 0.0251. The molecule has 4 aromatic heterocycles. The summed E-state index contributed by atoms with van der Waals surface area (Å²) < 4.78 is 11.6. The average Bonchev–Trinajstić information content (AvgIpc) is 0.789. The second kappa shape index (κ2) is 51.5. The summed E-state index contributed by atoms with van der Waals surface area (Å²) in [7, 11) is 1.95. The van der Waals surface area contributed by atoms with Crippen molar-refractivity contribution >= 4 is 70.0 Å². The molecule has 30 heteroatoms. The molecule has 0 unspecified atom stereocenters. The molecule has 8 amide bonds. The second-order valence-corrected chi connectivity index (χ2v) is 45.5. The van der Waals surface area contributed by atoms with Crippen LogP contribution in [0.1, 0.15) is 300 Å². The van der Waals surface area contributed by atoms with Gasteiger partial charge in [0, 0.05) is 151 Å². The number of pyridine rings is 4. The van der Waals surface area contributed by atoms with Crippen LogP contribution in [0, 0.1) is 46.8 Å². The highest BCUT2D eigenvalue weighted by atomic mass is 16.5. The Balaban J connectivity index is 0.000000166. The average molecular weight is 2020 g/mol. The van der Waals surface area contributed by atoms with Crippen LogP contribution < -0.4 is 40.9 Å². The van der Waals surface area contributed by atoms with Crippen LogP contribution in [0.5, 0.6) is 0 Å². The monoisotopic (exact) mass is 2020 g/mol. The predicted octanol–water partition coefficient (Wildman–Crippen LogP) is 17.5. The molecule has 4 aromatic carbocycles. The molecule has 16 rings (SSSR count). The van der Waals surface area contributed by atoms with Gasteiger partial charge in [-0.25, -0.2) is 0 Å². The Bertz CT molecular complexity index is 5930. The number of carbonyl (C=O) groups is 8. The van der Waals surface area contributed by atoms with Gasteiger partial charge < -0.3 is 40.5 Å². The van der Waals surface area contributed by atoms with Gasteiger partial charge in [-0.2, -0.15) is 15.8 Å². The predicted molar refractivity (Wildman–Crippen MR) is 579 cm³/mol. The van der Waals surface area contributed by atoms with Gasteiger partial charge in [0.2, 0.25) is 23.6 Å². The van der Waals surface area contributed by atoms with Crippen LogP contribution in [0.4, 0.5) is 22.7 Å². The third kappa shape index (κ3) is 29.5. The molecule has 149 heavy (non-hydrogen) atoms. The van der Waals surface area contributed by atoms with Crippen molar-refractivity contribution in [2.75, 3.05) is 85.7 Å². The summed E-state index contributed by atoms with van der Waals surface area (Å²) >= 11 is 0. The maximum Gasteiger partial charge on any atom is 0.253 e. The van der Waals surface area contributed by atoms with Gasteiger partial charge in [-0.05, 0) is 195 Å². The molecule has 4 aliphatic carbocycles. The second-order valence-electron chi connectivity index (χ2n) is 45.5. The fourth-order valence-corrected chi connectivity index (χ4v) is 20.9. The lowest BCUT2D eigenvalue weighted by molar-refractivity contribution is -0.141. The van der Waals surface area contributed by atoms with Crippen molar-refractivity contribution in [2.24, 2.45) is 0 Å². The molecule has 4 saturated heterocycles. The van der Waals surface area contributed by atoms with Crippen LogP contribution in [-0.2, 0) is 69.5 Å². The normalized spacial score (nSPS) is 19.8. The third-order valence-electron chi connectivity index (χ3n) is 29.8. The van der Waals surface area contributed by atoms with Crippen LogP contribution in [0.2, 0.25) is 0 Å². The molecule has 8 heterocycles. The van der Waals surface area contributed by atoms with E-state index in [2.05, 4.69) is 154 Å². The topological polar surface area (TPSA) is 355 Å². The number of morpholine rings is 2. The molecule has 0 spiro atoms. The highest BCUT2D eigenvalue weighted by Crippen LogP contribution is 2.41. The van der Waals surface area contributed by atoms with Crippen molar-refractivity contribution in [2.45, 2.75) is 332 Å². The first kappa shape index (κ1) is 113. The summed E-state index contributed by atoms with van der Waals surface area (Å²) in [6.07, 6.45) is 47.1. The number of likely N-dealkylation sites (tertiary alicyclic amines) is 1. The minimum Gasteiger partial charge on any atom is -0.377 e. The number of anilines is 4. The number of aromatic nitrogens is 4. The number of amides is 8. The van der Waals surface area contributed by atoms with Crippen LogP contribution in [0.25, 0.3) is 0 Å². The number of carbonyl (C=O) groups excluding carboxylic acids is 8. The number of nitrogens with one attached hydrogen (secondary N) is 4. The summed E-state index contributed by atoms with van der Waals surface area (Å²) in [5.74, 6) is -2.02. The fraction of sp³-hybridized carbons (Fsp3) is 0.521. The van der Waals surface area contributed by atoms with E-state index in [0.717, 1.165) is 125 Å². The number of piperazine rings is 1. The van der Waals surface area contributed by atoms with E-state index in [9.17, 15) is 54.1 Å². The molecular weight excluding hydrogens is 1870 g/mol. The standard InChI is InChI=1S/C31H41N5O3.C30H40N6O2.C29H37N5O3.C29H36N4O2/c1-30(2,3)23-13-15-25(16-14-23)36(29(38)26-19-39-31(4,5)20-35(26)21-32)27(22-10-9-17-33-18-22)28(37)34-24-11-7-6-8-12-24;1-30(2,3)23-12-14-25(15-13-23)36(29(38)26-20-34(4)17-18-35(26)21-31)27(22-9-8-16-32-19-22)28(37)33-24-10-6-5-7-11-24;1-29(2,3)22-11-13-24(14-12-22)34(28(36)25-19-37-17-16-33(25)20-30)26(21-8-7-15-31-18-21)27(35)32-23-9-5-4-6-10-23;1-5-32-19-17-25(32)28(35)33(24-15-13-22(14-16-24)29(2,3)4)26(21-10-9-18-30-20-21)27(34)31-23-11-7-6-8-12-23/h9-10,13-18,24,26-27H,6-8,11-12,19-20H2,1-5H3,(H,34,37);8-9,12-16,19,24,26-27H,5-7,10-11,17-18,20H2,1-4H3,(H,33,37);7-8,11-15,18,23,25-26H,4-6,9-10,16-17,19H2,1-3H3,(H,32,35);1,9-10,13-16,18,20,23,25-26H,6-8,11-12,17,19H2,2-4H3,(H,31,34)/t2*26-,27-;2*25-,26-/m1111/s1. The van der Waals surface area contributed by atoms with E-state index >= 15 is 0 Å². The van der Waals surface area contributed by atoms with E-state index in [1.165, 1.54) is 50.2 Å². The van der Waals surface area contributed by atoms with E-state index in [1.807, 2.05) is 142 Å². The Morgan fingerprint density at radius 2 is 0.644 bits per heavy atom. The summed E-state index contributed by atoms with van der Waals surface area (Å²) in [4.78, 5) is 145. The van der Waals surface area contributed by atoms with Crippen molar-refractivity contribution < 1.29 is 47.8 Å². The summed E-state index contributed by atoms with van der Waals surface area (Å²) in [6.45, 7) is 32.9. The molecule has 8 fully saturated rings. The molecule has 0 bridgehead atoms. The molecule has 4 N–H and O–H groups in total. The van der Waals surface area contributed by atoms with Gasteiger partial charge in [0.1, 0.15) is 48.3 Å². The van der Waals surface area contributed by atoms with Crippen LogP contribution >= 0.6 is 0 Å². The van der Waals surface area contributed by atoms with Crippen molar-refractivity contribution in [3.63, 3.8) is 0 Å². The van der Waals surface area contributed by atoms with Gasteiger partial charge in [-0.1, -0.05) is 239 Å². The van der Waals surface area contributed by atoms with Gasteiger partial charge in [0.15, 0.2) is 18.6 Å². The summed E-state index contributed by atoms with van der Waals surface area (Å²) in [5, 5.41) is 42.5. The minimum atomic E-state index is -0.955. The molecule has 8 aromatic rings. The number of terminal acetylenes is 1. The zero-order chi connectivity index (χ0) is 107. The zero-order valence-corrected chi connectivity index (χ0v) is 89.9. The number of hydrogen-bond acceptors (Lipinski definition) is 22. The first-order valence-electron chi connectivity index (χ1n) is 53.5. The van der Waals surface area contributed by atoms with E-state index in [1.54, 1.807) is 88.5 Å². The molecule has 0 radical (unpaired) electrons. The lowest BCUT2D eigenvalue weighted by atomic mass is 9.87. The molecule has 8 atom stereocenters. The molecule has 790 valence electrons. The van der Waals surface area contributed by atoms with E-state index in [-0.39, 0.29) is 113 Å². The number of rotatable bonds is 24. The smallest absolute Gasteiger partial charge is 0.253 e. The third-order valence-corrected chi connectivity index (χ3v) is 29.8. The molecule has 4 aliphatic heterocycles. The summed E-state index contributed by atoms with van der Waals surface area (Å²) in [6, 6.07) is 42.4. The van der Waals surface area contributed by atoms with Gasteiger partial charge in [-0.3, -0.25) is 92.6 Å². The molecule has 30 nitrogen and oxygen atoms in total. The molecular formula is C119H154N20O10. The lowest BCUT2D eigenvalue weighted by Crippen LogP contribution is -2.60. The zero-order valence-electron chi connectivity index (χ0n) is 89.9. The van der Waals surface area contributed by atoms with Crippen molar-refractivity contribution in [1.82, 2.24) is 65.7 Å². The Kier molecular flexibility index (Phi) is 38.9. The largest absolute Gasteiger partial charge is 0.377 e. The van der Waals surface area contributed by atoms with Crippen LogP contribution in [0.3, 0.4) is 0 Å².